The van der Waals surface area contributed by atoms with Crippen LogP contribution in [0.2, 0.25) is 5.02 Å². The summed E-state index contributed by atoms with van der Waals surface area (Å²) in [6, 6.07) is 5.16. The molecule has 0 saturated heterocycles. The SMILES string of the molecule is Cc1ccc(C2C(N)=NC(=O)N2CC(C)C)cc1Cl. The van der Waals surface area contributed by atoms with Crippen molar-refractivity contribution in [2.45, 2.75) is 26.8 Å². The monoisotopic (exact) mass is 279 g/mol. The van der Waals surface area contributed by atoms with Crippen LogP contribution in [0.1, 0.15) is 31.0 Å². The Hall–Kier alpha value is -1.55. The number of halogens is 1. The molecule has 0 spiro atoms. The van der Waals surface area contributed by atoms with Gasteiger partial charge in [-0.25, -0.2) is 4.79 Å². The number of amides is 2. The van der Waals surface area contributed by atoms with Crippen molar-refractivity contribution in [3.05, 3.63) is 34.3 Å². The van der Waals surface area contributed by atoms with Crippen LogP contribution in [0.25, 0.3) is 0 Å². The zero-order valence-electron chi connectivity index (χ0n) is 11.4. The molecule has 102 valence electrons. The molecule has 19 heavy (non-hydrogen) atoms. The first-order valence-electron chi connectivity index (χ1n) is 6.31. The fraction of sp³-hybridized carbons (Fsp3) is 0.429. The van der Waals surface area contributed by atoms with Gasteiger partial charge in [-0.2, -0.15) is 4.99 Å². The molecule has 1 aromatic rings. The maximum atomic E-state index is 11.9. The molecule has 5 heteroatoms. The maximum absolute atomic E-state index is 11.9. The maximum Gasteiger partial charge on any atom is 0.346 e. The van der Waals surface area contributed by atoms with Crippen LogP contribution >= 0.6 is 11.6 Å². The molecular weight excluding hydrogens is 262 g/mol. The molecule has 4 nitrogen and oxygen atoms in total. The van der Waals surface area contributed by atoms with E-state index in [1.807, 2.05) is 25.1 Å². The number of aryl methyl sites for hydroxylation is 1. The van der Waals surface area contributed by atoms with Gasteiger partial charge in [0, 0.05) is 11.6 Å². The predicted octanol–water partition coefficient (Wildman–Crippen LogP) is 3.14. The van der Waals surface area contributed by atoms with E-state index < -0.39 is 0 Å². The van der Waals surface area contributed by atoms with Crippen molar-refractivity contribution in [1.82, 2.24) is 4.90 Å². The molecule has 1 aliphatic rings. The lowest BCUT2D eigenvalue weighted by Crippen LogP contribution is -2.35. The lowest BCUT2D eigenvalue weighted by molar-refractivity contribution is 0.199. The number of carbonyl (C=O) groups excluding carboxylic acids is 1. The summed E-state index contributed by atoms with van der Waals surface area (Å²) in [5.74, 6) is 0.694. The second-order valence-electron chi connectivity index (χ2n) is 5.28. The van der Waals surface area contributed by atoms with Crippen molar-refractivity contribution in [3.8, 4) is 0 Å². The summed E-state index contributed by atoms with van der Waals surface area (Å²) >= 11 is 6.15. The number of aliphatic imine (C=N–C) groups is 1. The Labute approximate surface area is 118 Å². The quantitative estimate of drug-likeness (QED) is 0.924. The van der Waals surface area contributed by atoms with Crippen LogP contribution in [-0.2, 0) is 0 Å². The molecule has 1 unspecified atom stereocenters. The summed E-state index contributed by atoms with van der Waals surface area (Å²) in [7, 11) is 0. The molecule has 0 aromatic heterocycles. The third-order valence-corrected chi connectivity index (χ3v) is 3.54. The Morgan fingerprint density at radius 2 is 2.16 bits per heavy atom. The second-order valence-corrected chi connectivity index (χ2v) is 5.68. The summed E-state index contributed by atoms with van der Waals surface area (Å²) < 4.78 is 0. The number of rotatable bonds is 3. The molecule has 0 radical (unpaired) electrons. The number of hydrogen-bond donors (Lipinski definition) is 1. The van der Waals surface area contributed by atoms with Crippen molar-refractivity contribution < 1.29 is 4.79 Å². The van der Waals surface area contributed by atoms with Crippen LogP contribution < -0.4 is 5.73 Å². The van der Waals surface area contributed by atoms with Gasteiger partial charge in [-0.1, -0.05) is 37.6 Å². The van der Waals surface area contributed by atoms with E-state index in [4.69, 9.17) is 17.3 Å². The summed E-state index contributed by atoms with van der Waals surface area (Å²) in [4.78, 5) is 17.4. The number of nitrogens with two attached hydrogens (primary N) is 1. The third-order valence-electron chi connectivity index (χ3n) is 3.14. The topological polar surface area (TPSA) is 58.7 Å². The molecule has 0 bridgehead atoms. The first-order valence-corrected chi connectivity index (χ1v) is 6.68. The van der Waals surface area contributed by atoms with Crippen LogP contribution in [0.4, 0.5) is 4.79 Å². The van der Waals surface area contributed by atoms with Crippen molar-refractivity contribution in [1.29, 1.82) is 0 Å². The molecule has 1 aliphatic heterocycles. The molecule has 1 heterocycles. The standard InChI is InChI=1S/C14H18ClN3O/c1-8(2)7-18-12(13(16)17-14(18)19)10-5-4-9(3)11(15)6-10/h4-6,8,12H,7H2,1-3H3,(H2,16,17,19). The van der Waals surface area contributed by atoms with Crippen molar-refractivity contribution in [3.63, 3.8) is 0 Å². The van der Waals surface area contributed by atoms with E-state index in [1.165, 1.54) is 0 Å². The Balaban J connectivity index is 2.36. The minimum absolute atomic E-state index is 0.270. The van der Waals surface area contributed by atoms with E-state index in [9.17, 15) is 4.79 Å². The van der Waals surface area contributed by atoms with E-state index in [-0.39, 0.29) is 12.1 Å². The van der Waals surface area contributed by atoms with Gasteiger partial charge in [-0.15, -0.1) is 0 Å². The zero-order chi connectivity index (χ0) is 14.2. The van der Waals surface area contributed by atoms with Crippen LogP contribution in [0.15, 0.2) is 23.2 Å². The van der Waals surface area contributed by atoms with Gasteiger partial charge in [0.25, 0.3) is 0 Å². The first kappa shape index (κ1) is 13.9. The molecule has 2 rings (SSSR count). The highest BCUT2D eigenvalue weighted by Gasteiger charge is 2.34. The second kappa shape index (κ2) is 5.21. The molecule has 0 fully saturated rings. The zero-order valence-corrected chi connectivity index (χ0v) is 12.1. The summed E-state index contributed by atoms with van der Waals surface area (Å²) in [5.41, 5.74) is 7.81. The van der Waals surface area contributed by atoms with Crippen LogP contribution in [-0.4, -0.2) is 23.3 Å². The highest BCUT2D eigenvalue weighted by Crippen LogP contribution is 2.30. The molecule has 2 amide bonds. The molecule has 0 saturated carbocycles. The average molecular weight is 280 g/mol. The van der Waals surface area contributed by atoms with E-state index in [0.717, 1.165) is 11.1 Å². The predicted molar refractivity (Wildman–Crippen MR) is 77.5 cm³/mol. The number of amidine groups is 1. The number of nitrogens with zero attached hydrogens (tertiary/aromatic N) is 2. The Morgan fingerprint density at radius 3 is 2.74 bits per heavy atom. The van der Waals surface area contributed by atoms with Gasteiger partial charge in [0.05, 0.1) is 0 Å². The van der Waals surface area contributed by atoms with Crippen LogP contribution in [0.3, 0.4) is 0 Å². The van der Waals surface area contributed by atoms with E-state index in [1.54, 1.807) is 4.90 Å². The first-order chi connectivity index (χ1) is 8.90. The fourth-order valence-electron chi connectivity index (χ4n) is 2.21. The molecule has 1 aromatic carbocycles. The Bertz CT molecular complexity index is 539. The molecule has 0 aliphatic carbocycles. The van der Waals surface area contributed by atoms with Crippen LogP contribution in [0.5, 0.6) is 0 Å². The van der Waals surface area contributed by atoms with E-state index >= 15 is 0 Å². The van der Waals surface area contributed by atoms with Gasteiger partial charge < -0.3 is 10.6 Å². The Kier molecular flexibility index (Phi) is 3.80. The van der Waals surface area contributed by atoms with Crippen LogP contribution in [0, 0.1) is 12.8 Å². The van der Waals surface area contributed by atoms with Gasteiger partial charge in [0.2, 0.25) is 0 Å². The van der Waals surface area contributed by atoms with Gasteiger partial charge in [-0.3, -0.25) is 0 Å². The minimum Gasteiger partial charge on any atom is -0.385 e. The smallest absolute Gasteiger partial charge is 0.346 e. The van der Waals surface area contributed by atoms with Gasteiger partial charge >= 0.3 is 6.03 Å². The summed E-state index contributed by atoms with van der Waals surface area (Å²) in [6.45, 7) is 6.68. The lowest BCUT2D eigenvalue weighted by Gasteiger charge is -2.26. The highest BCUT2D eigenvalue weighted by molar-refractivity contribution is 6.31. The largest absolute Gasteiger partial charge is 0.385 e. The lowest BCUT2D eigenvalue weighted by atomic mass is 10.0. The van der Waals surface area contributed by atoms with Gasteiger partial charge in [0.1, 0.15) is 11.9 Å². The molecule has 2 N–H and O–H groups in total. The third kappa shape index (κ3) is 2.73. The average Bonchev–Trinajstić information content (AvgIpc) is 2.57. The Morgan fingerprint density at radius 1 is 1.47 bits per heavy atom. The molecular formula is C14H18ClN3O. The van der Waals surface area contributed by atoms with E-state index in [2.05, 4.69) is 18.8 Å². The fourth-order valence-corrected chi connectivity index (χ4v) is 2.40. The van der Waals surface area contributed by atoms with Crippen molar-refractivity contribution in [2.75, 3.05) is 6.54 Å². The molecule has 1 atom stereocenters. The summed E-state index contributed by atoms with van der Waals surface area (Å²) in [5, 5.41) is 0.675. The van der Waals surface area contributed by atoms with Crippen molar-refractivity contribution >= 4 is 23.5 Å². The van der Waals surface area contributed by atoms with Gasteiger partial charge in [-0.05, 0) is 30.0 Å². The van der Waals surface area contributed by atoms with Gasteiger partial charge in [0.15, 0.2) is 0 Å². The number of hydrogen-bond acceptors (Lipinski definition) is 2. The van der Waals surface area contributed by atoms with Crippen molar-refractivity contribution in [2.24, 2.45) is 16.6 Å². The minimum atomic E-state index is -0.298. The normalized spacial score (nSPS) is 19.2. The number of carbonyl (C=O) groups is 1. The summed E-state index contributed by atoms with van der Waals surface area (Å²) in [6.07, 6.45) is 0. The highest BCUT2D eigenvalue weighted by atomic mass is 35.5. The number of benzene rings is 1. The van der Waals surface area contributed by atoms with E-state index in [0.29, 0.717) is 23.3 Å². The number of urea groups is 1.